The van der Waals surface area contributed by atoms with Crippen molar-refractivity contribution in [2.45, 2.75) is 0 Å². The molecule has 0 aromatic carbocycles. The van der Waals surface area contributed by atoms with E-state index in [0.717, 1.165) is 0 Å². The van der Waals surface area contributed by atoms with Gasteiger partial charge in [-0.15, -0.1) is 0 Å². The van der Waals surface area contributed by atoms with Gasteiger partial charge in [-0.2, -0.15) is 0 Å². The number of rotatable bonds is 0. The van der Waals surface area contributed by atoms with Crippen LogP contribution >= 0.6 is 0 Å². The fourth-order valence-electron chi connectivity index (χ4n) is 0. The molecule has 0 atom stereocenters. The van der Waals surface area contributed by atoms with Crippen LogP contribution in [0, 0.1) is 235 Å². The summed E-state index contributed by atoms with van der Waals surface area (Å²) in [5, 5.41) is 0. The zero-order valence-electron chi connectivity index (χ0n) is 2.68. The molecule has 0 aliphatic rings. The van der Waals surface area contributed by atoms with Gasteiger partial charge in [-0.25, -0.2) is 0 Å². The molecule has 0 N–H and O–H groups in total. The molecule has 0 spiro atoms. The minimum atomic E-state index is 0. The molecule has 0 bridgehead atoms. The van der Waals surface area contributed by atoms with Gasteiger partial charge in [-0.05, 0) is 0 Å². The van der Waals surface area contributed by atoms with Crippen LogP contribution < -0.4 is 0 Å². The van der Waals surface area contributed by atoms with Crippen molar-refractivity contribution in [3.63, 3.8) is 0 Å². The molecular weight excluding hydrogens is 1230 g/mol. The van der Waals surface area contributed by atoms with Crippen LogP contribution in [0.2, 0.25) is 0 Å². The van der Waals surface area contributed by atoms with E-state index in [4.69, 9.17) is 0 Å². The molecule has 0 heterocycles. The molecule has 85 valence electrons. The zero-order chi connectivity index (χ0) is 0. The topological polar surface area (TPSA) is 0 Å². The Kier molecular flexibility index (Phi) is 282. The van der Waals surface area contributed by atoms with Gasteiger partial charge in [0.05, 0.1) is 0 Å². The first-order valence-electron chi connectivity index (χ1n) is 0. The maximum atomic E-state index is 0. The van der Waals surface area contributed by atoms with E-state index in [-0.39, 0.29) is 308 Å². The van der Waals surface area contributed by atoms with Crippen molar-refractivity contribution in [3.05, 3.63) is 0 Å². The minimum absolute atomic E-state index is 0. The monoisotopic (exact) mass is 1230 g/mol. The molecule has 8 heavy (non-hydrogen) atoms. The van der Waals surface area contributed by atoms with E-state index in [1.165, 1.54) is 0 Å². The molecule has 0 aliphatic heterocycles. The summed E-state index contributed by atoms with van der Waals surface area (Å²) in [7, 11) is 0. The van der Waals surface area contributed by atoms with Crippen LogP contribution in [0.15, 0.2) is 0 Å². The summed E-state index contributed by atoms with van der Waals surface area (Å²) in [5.41, 5.74) is 0. The predicted molar refractivity (Wildman–Crippen MR) is 17.3 cm³/mol. The van der Waals surface area contributed by atoms with Crippen LogP contribution in [0.4, 0.5) is 0 Å². The van der Waals surface area contributed by atoms with Gasteiger partial charge in [-0.3, -0.25) is 0 Å². The molecule has 0 fully saturated rings. The first-order chi connectivity index (χ1) is 0. The molecule has 0 saturated heterocycles. The smallest absolute Gasteiger partial charge is 0 e. The van der Waals surface area contributed by atoms with Crippen molar-refractivity contribution >= 4 is 73.3 Å². The second kappa shape index (κ2) is 43.5. The Morgan fingerprint density at radius 2 is 0.250 bits per heavy atom. The molecule has 0 aliphatic carbocycles. The molecule has 0 rings (SSSR count). The van der Waals surface area contributed by atoms with Crippen LogP contribution in [0.25, 0.3) is 0 Å². The summed E-state index contributed by atoms with van der Waals surface area (Å²) < 4.78 is 0. The van der Waals surface area contributed by atoms with Crippen molar-refractivity contribution in [2.24, 2.45) is 0 Å². The molecule has 0 nitrogen and oxygen atoms in total. The Balaban J connectivity index is 0. The van der Waals surface area contributed by atoms with E-state index >= 15 is 0 Å². The zero-order valence-corrected chi connectivity index (χ0v) is 18.9. The number of hydrogen-bond acceptors (Lipinski definition) is 0. The minimum Gasteiger partial charge on any atom is 0 e. The Labute approximate surface area is 296 Å². The van der Waals surface area contributed by atoms with Gasteiger partial charge < -0.3 is 0 Å². The van der Waals surface area contributed by atoms with Gasteiger partial charge >= 0.3 is 0 Å². The van der Waals surface area contributed by atoms with E-state index in [0.29, 0.717) is 0 Å². The van der Waals surface area contributed by atoms with E-state index < -0.39 is 0 Å². The van der Waals surface area contributed by atoms with Gasteiger partial charge in [0.15, 0.2) is 0 Å². The fraction of sp³-hybridized carbons (Fsp3) is 0. The molecule has 9 radical (unpaired) electrons. The van der Waals surface area contributed by atoms with E-state index in [1.54, 1.807) is 0 Å². The quantitative estimate of drug-likeness (QED) is 0.270. The summed E-state index contributed by atoms with van der Waals surface area (Å²) >= 11 is 0. The third-order valence-corrected chi connectivity index (χ3v) is 0. The van der Waals surface area contributed by atoms with Crippen LogP contribution in [0.5, 0.6) is 0 Å². The summed E-state index contributed by atoms with van der Waals surface area (Å²) in [6.07, 6.45) is 0. The first-order valence-corrected chi connectivity index (χ1v) is 0. The van der Waals surface area contributed by atoms with Crippen molar-refractivity contribution in [1.82, 2.24) is 0 Å². The molecule has 8 heteroatoms. The summed E-state index contributed by atoms with van der Waals surface area (Å²) in [4.78, 5) is 0. The van der Waals surface area contributed by atoms with Crippen molar-refractivity contribution in [1.29, 1.82) is 0 Å². The standard InChI is InChI=1S/3Sb.5Yb. The number of hydrogen-bond donors (Lipinski definition) is 0. The van der Waals surface area contributed by atoms with E-state index in [1.807, 2.05) is 0 Å². The molecule has 0 aromatic rings. The Hall–Kier alpha value is 10.1. The van der Waals surface area contributed by atoms with Crippen molar-refractivity contribution < 1.29 is 235 Å². The van der Waals surface area contributed by atoms with Gasteiger partial charge in [0, 0.05) is 308 Å². The maximum absolute atomic E-state index is 0. The van der Waals surface area contributed by atoms with Gasteiger partial charge in [0.1, 0.15) is 0 Å². The molecule has 0 saturated carbocycles. The van der Waals surface area contributed by atoms with E-state index in [9.17, 15) is 0 Å². The Morgan fingerprint density at radius 1 is 0.250 bits per heavy atom. The maximum Gasteiger partial charge on any atom is 0 e. The van der Waals surface area contributed by atoms with Gasteiger partial charge in [0.2, 0.25) is 0 Å². The largest absolute Gasteiger partial charge is 0 e. The molecule has 0 aromatic heterocycles. The van der Waals surface area contributed by atoms with Gasteiger partial charge in [-0.1, -0.05) is 0 Å². The van der Waals surface area contributed by atoms with Crippen LogP contribution in [-0.2, 0) is 0 Å². The van der Waals surface area contributed by atoms with Crippen molar-refractivity contribution in [2.75, 3.05) is 0 Å². The van der Waals surface area contributed by atoms with Crippen LogP contribution in [0.3, 0.4) is 0 Å². The second-order valence-corrected chi connectivity index (χ2v) is 0. The third-order valence-electron chi connectivity index (χ3n) is 0. The molecule has 0 amide bonds. The second-order valence-electron chi connectivity index (χ2n) is 0. The summed E-state index contributed by atoms with van der Waals surface area (Å²) in [6, 6.07) is 0. The summed E-state index contributed by atoms with van der Waals surface area (Å²) in [5.74, 6) is 0. The predicted octanol–water partition coefficient (Wildman–Crippen LogP) is -1.14. The Morgan fingerprint density at radius 3 is 0.250 bits per heavy atom. The van der Waals surface area contributed by atoms with Crippen molar-refractivity contribution in [3.8, 4) is 0 Å². The average molecular weight is 1230 g/mol. The van der Waals surface area contributed by atoms with Crippen LogP contribution in [-0.4, -0.2) is 73.3 Å². The molecular formula is Sb3Yb5. The van der Waals surface area contributed by atoms with E-state index in [2.05, 4.69) is 0 Å². The normalized spacial score (nSPS) is 0. The molecule has 0 unspecified atom stereocenters. The SMILES string of the molecule is [Sb].[Sb].[Sb].[Yb].[Yb].[Yb].[Yb].[Yb]. The summed E-state index contributed by atoms with van der Waals surface area (Å²) in [6.45, 7) is 0. The Bertz CT molecular complexity index is 7.64. The fourth-order valence-corrected chi connectivity index (χ4v) is 0. The first kappa shape index (κ1) is 51.9. The van der Waals surface area contributed by atoms with Crippen LogP contribution in [0.1, 0.15) is 0 Å². The average Bonchev–Trinajstić information content (AvgIpc) is 0. The third kappa shape index (κ3) is 36.0. The van der Waals surface area contributed by atoms with Gasteiger partial charge in [0.25, 0.3) is 0 Å².